The van der Waals surface area contributed by atoms with E-state index in [0.29, 0.717) is 11.5 Å². The molecule has 1 nitrogen and oxygen atoms in total. The van der Waals surface area contributed by atoms with Crippen LogP contribution in [0, 0.1) is 11.7 Å². The zero-order chi connectivity index (χ0) is 9.97. The molecular weight excluding hydrogens is 199 g/mol. The van der Waals surface area contributed by atoms with Crippen LogP contribution in [0.15, 0.2) is 24.3 Å². The first-order chi connectivity index (χ1) is 6.77. The molecule has 1 N–H and O–H groups in total. The highest BCUT2D eigenvalue weighted by Gasteiger charge is 2.24. The summed E-state index contributed by atoms with van der Waals surface area (Å²) in [6.07, 6.45) is 0.531. The van der Waals surface area contributed by atoms with Gasteiger partial charge in [-0.3, -0.25) is 0 Å². The lowest BCUT2D eigenvalue weighted by atomic mass is 9.95. The third kappa shape index (κ3) is 2.10. The number of hydrogen-bond acceptors (Lipinski definition) is 2. The summed E-state index contributed by atoms with van der Waals surface area (Å²) in [6, 6.07) is 6.26. The van der Waals surface area contributed by atoms with Crippen LogP contribution in [0.3, 0.4) is 0 Å². The van der Waals surface area contributed by atoms with E-state index >= 15 is 0 Å². The number of aliphatic hydroxyl groups excluding tert-OH is 1. The lowest BCUT2D eigenvalue weighted by Gasteiger charge is -2.17. The van der Waals surface area contributed by atoms with Gasteiger partial charge in [0.05, 0.1) is 6.10 Å². The fraction of sp³-hybridized carbons (Fsp3) is 0.455. The van der Waals surface area contributed by atoms with Gasteiger partial charge in [-0.2, -0.15) is 11.8 Å². The van der Waals surface area contributed by atoms with Gasteiger partial charge in [0.1, 0.15) is 5.82 Å². The zero-order valence-electron chi connectivity index (χ0n) is 7.82. The molecule has 0 aromatic heterocycles. The number of aliphatic hydroxyl groups is 1. The summed E-state index contributed by atoms with van der Waals surface area (Å²) in [5.74, 6) is 2.11. The molecule has 76 valence electrons. The molecule has 0 spiro atoms. The van der Waals surface area contributed by atoms with Crippen molar-refractivity contribution in [1.82, 2.24) is 0 Å². The predicted octanol–water partition coefficient (Wildman–Crippen LogP) is 2.61. The van der Waals surface area contributed by atoms with Crippen LogP contribution in [-0.2, 0) is 0 Å². The minimum atomic E-state index is -0.499. The SMILES string of the molecule is OC(c1cccc(F)c1)C1CCSC1. The molecule has 1 aromatic rings. The van der Waals surface area contributed by atoms with Gasteiger partial charge in [0.25, 0.3) is 0 Å². The van der Waals surface area contributed by atoms with E-state index in [0.717, 1.165) is 17.9 Å². The smallest absolute Gasteiger partial charge is 0.123 e. The Hall–Kier alpha value is -0.540. The van der Waals surface area contributed by atoms with Crippen molar-refractivity contribution in [2.75, 3.05) is 11.5 Å². The molecule has 0 radical (unpaired) electrons. The van der Waals surface area contributed by atoms with Gasteiger partial charge in [0.2, 0.25) is 0 Å². The summed E-state index contributed by atoms with van der Waals surface area (Å²) in [7, 11) is 0. The van der Waals surface area contributed by atoms with E-state index in [1.165, 1.54) is 12.1 Å². The van der Waals surface area contributed by atoms with Crippen LogP contribution in [0.1, 0.15) is 18.1 Å². The monoisotopic (exact) mass is 212 g/mol. The fourth-order valence-electron chi connectivity index (χ4n) is 1.76. The summed E-state index contributed by atoms with van der Waals surface area (Å²) in [4.78, 5) is 0. The topological polar surface area (TPSA) is 20.2 Å². The molecule has 2 atom stereocenters. The fourth-order valence-corrected chi connectivity index (χ4v) is 3.05. The minimum absolute atomic E-state index is 0.271. The summed E-state index contributed by atoms with van der Waals surface area (Å²) >= 11 is 1.86. The predicted molar refractivity (Wildman–Crippen MR) is 56.8 cm³/mol. The van der Waals surface area contributed by atoms with Crippen LogP contribution in [0.2, 0.25) is 0 Å². The van der Waals surface area contributed by atoms with E-state index in [-0.39, 0.29) is 5.82 Å². The molecule has 0 amide bonds. The van der Waals surface area contributed by atoms with Crippen molar-refractivity contribution in [1.29, 1.82) is 0 Å². The van der Waals surface area contributed by atoms with Gasteiger partial charge in [0, 0.05) is 0 Å². The number of thioether (sulfide) groups is 1. The Labute approximate surface area is 87.3 Å². The molecule has 14 heavy (non-hydrogen) atoms. The Bertz CT molecular complexity index is 310. The number of benzene rings is 1. The molecular formula is C11H13FOS. The van der Waals surface area contributed by atoms with Gasteiger partial charge in [0.15, 0.2) is 0 Å². The first kappa shape index (κ1) is 9.99. The standard InChI is InChI=1S/C11H13FOS/c12-10-3-1-2-8(6-10)11(13)9-4-5-14-7-9/h1-3,6,9,11,13H,4-5,7H2. The minimum Gasteiger partial charge on any atom is -0.388 e. The first-order valence-electron chi connectivity index (χ1n) is 4.78. The molecule has 0 saturated carbocycles. The first-order valence-corrected chi connectivity index (χ1v) is 5.94. The quantitative estimate of drug-likeness (QED) is 0.813. The molecule has 1 aromatic carbocycles. The molecule has 0 aliphatic carbocycles. The highest BCUT2D eigenvalue weighted by atomic mass is 32.2. The number of rotatable bonds is 2. The Morgan fingerprint density at radius 2 is 2.36 bits per heavy atom. The van der Waals surface area contributed by atoms with Crippen LogP contribution in [0.5, 0.6) is 0 Å². The molecule has 1 heterocycles. The van der Waals surface area contributed by atoms with Crippen molar-refractivity contribution in [2.24, 2.45) is 5.92 Å². The van der Waals surface area contributed by atoms with E-state index in [9.17, 15) is 9.50 Å². The molecule has 1 aliphatic heterocycles. The maximum absolute atomic E-state index is 12.9. The largest absolute Gasteiger partial charge is 0.388 e. The maximum Gasteiger partial charge on any atom is 0.123 e. The third-order valence-electron chi connectivity index (χ3n) is 2.60. The molecule has 1 saturated heterocycles. The van der Waals surface area contributed by atoms with Crippen LogP contribution >= 0.6 is 11.8 Å². The van der Waals surface area contributed by atoms with Crippen LogP contribution in [-0.4, -0.2) is 16.6 Å². The van der Waals surface area contributed by atoms with Gasteiger partial charge in [-0.15, -0.1) is 0 Å². The lowest BCUT2D eigenvalue weighted by molar-refractivity contribution is 0.121. The Morgan fingerprint density at radius 1 is 1.50 bits per heavy atom. The Kier molecular flexibility index (Phi) is 3.08. The van der Waals surface area contributed by atoms with Crippen LogP contribution in [0.25, 0.3) is 0 Å². The van der Waals surface area contributed by atoms with E-state index in [1.807, 2.05) is 11.8 Å². The van der Waals surface area contributed by atoms with E-state index in [1.54, 1.807) is 12.1 Å². The highest BCUT2D eigenvalue weighted by molar-refractivity contribution is 7.99. The van der Waals surface area contributed by atoms with Crippen molar-refractivity contribution in [3.63, 3.8) is 0 Å². The molecule has 2 rings (SSSR count). The van der Waals surface area contributed by atoms with Crippen molar-refractivity contribution in [3.8, 4) is 0 Å². The molecule has 0 bridgehead atoms. The lowest BCUT2D eigenvalue weighted by Crippen LogP contribution is -2.11. The van der Waals surface area contributed by atoms with Crippen LogP contribution in [0.4, 0.5) is 4.39 Å². The van der Waals surface area contributed by atoms with Crippen molar-refractivity contribution in [3.05, 3.63) is 35.6 Å². The zero-order valence-corrected chi connectivity index (χ0v) is 8.64. The number of hydrogen-bond donors (Lipinski definition) is 1. The second-order valence-electron chi connectivity index (χ2n) is 3.62. The van der Waals surface area contributed by atoms with Gasteiger partial charge < -0.3 is 5.11 Å². The van der Waals surface area contributed by atoms with Crippen LogP contribution < -0.4 is 0 Å². The maximum atomic E-state index is 12.9. The van der Waals surface area contributed by atoms with Crippen molar-refractivity contribution in [2.45, 2.75) is 12.5 Å². The second kappa shape index (κ2) is 4.32. The van der Waals surface area contributed by atoms with Crippen molar-refractivity contribution >= 4 is 11.8 Å². The molecule has 2 unspecified atom stereocenters. The summed E-state index contributed by atoms with van der Waals surface area (Å²) in [6.45, 7) is 0. The van der Waals surface area contributed by atoms with E-state index < -0.39 is 6.10 Å². The average molecular weight is 212 g/mol. The van der Waals surface area contributed by atoms with Gasteiger partial charge in [-0.05, 0) is 41.5 Å². The van der Waals surface area contributed by atoms with Crippen molar-refractivity contribution < 1.29 is 9.50 Å². The summed E-state index contributed by atoms with van der Waals surface area (Å²) < 4.78 is 12.9. The molecule has 1 fully saturated rings. The molecule has 1 aliphatic rings. The average Bonchev–Trinajstić information content (AvgIpc) is 2.69. The number of halogens is 1. The summed E-state index contributed by atoms with van der Waals surface area (Å²) in [5.41, 5.74) is 0.706. The third-order valence-corrected chi connectivity index (χ3v) is 3.79. The van der Waals surface area contributed by atoms with Gasteiger partial charge in [-0.1, -0.05) is 12.1 Å². The molecule has 3 heteroatoms. The second-order valence-corrected chi connectivity index (χ2v) is 4.77. The Morgan fingerprint density at radius 3 is 3.00 bits per heavy atom. The highest BCUT2D eigenvalue weighted by Crippen LogP contribution is 2.33. The van der Waals surface area contributed by atoms with E-state index in [4.69, 9.17) is 0 Å². The van der Waals surface area contributed by atoms with Gasteiger partial charge in [-0.25, -0.2) is 4.39 Å². The van der Waals surface area contributed by atoms with Gasteiger partial charge >= 0.3 is 0 Å². The Balaban J connectivity index is 2.13. The normalized spacial score (nSPS) is 23.7. The van der Waals surface area contributed by atoms with E-state index in [2.05, 4.69) is 0 Å². The summed E-state index contributed by atoms with van der Waals surface area (Å²) in [5, 5.41) is 9.96.